The summed E-state index contributed by atoms with van der Waals surface area (Å²) in [5.74, 6) is -0.199. The Morgan fingerprint density at radius 2 is 0.702 bits per heavy atom. The highest BCUT2D eigenvalue weighted by molar-refractivity contribution is 5.76. The summed E-state index contributed by atoms with van der Waals surface area (Å²) in [4.78, 5) is 13.4. The maximum Gasteiger partial charge on any atom is 0.220 e. The van der Waals surface area contributed by atoms with Gasteiger partial charge in [-0.2, -0.15) is 0 Å². The molecule has 0 aromatic rings. The second-order valence-electron chi connectivity index (χ2n) is 28.9. The Bertz CT molecular complexity index is 1670. The predicted molar refractivity (Wildman–Crippen MR) is 388 cm³/mol. The molecule has 2 saturated heterocycles. The van der Waals surface area contributed by atoms with Crippen LogP contribution in [-0.4, -0.2) is 140 Å². The molecule has 12 unspecified atom stereocenters. The Labute approximate surface area is 577 Å². The second kappa shape index (κ2) is 64.8. The molecule has 2 fully saturated rings. The average Bonchev–Trinajstić information content (AvgIpc) is 0.794. The molecule has 0 spiro atoms. The van der Waals surface area contributed by atoms with Crippen molar-refractivity contribution in [3.8, 4) is 0 Å². The van der Waals surface area contributed by atoms with E-state index in [1.165, 1.54) is 302 Å². The smallest absolute Gasteiger partial charge is 0.220 e. The number of hydrogen-bond acceptors (Lipinski definition) is 13. The molecule has 14 nitrogen and oxygen atoms in total. The van der Waals surface area contributed by atoms with Crippen molar-refractivity contribution in [2.45, 2.75) is 460 Å². The van der Waals surface area contributed by atoms with Crippen molar-refractivity contribution in [3.63, 3.8) is 0 Å². The maximum atomic E-state index is 13.4. The van der Waals surface area contributed by atoms with Gasteiger partial charge in [-0.05, 0) is 44.9 Å². The van der Waals surface area contributed by atoms with Gasteiger partial charge in [0.2, 0.25) is 5.91 Å². The topological polar surface area (TPSA) is 228 Å². The zero-order valence-electron chi connectivity index (χ0n) is 61.0. The molecule has 2 aliphatic heterocycles. The first-order valence-corrected chi connectivity index (χ1v) is 40.6. The number of amides is 1. The number of carbonyl (C=O) groups excluding carboxylic acids is 1. The van der Waals surface area contributed by atoms with E-state index in [9.17, 15) is 45.6 Å². The first-order chi connectivity index (χ1) is 46.1. The summed E-state index contributed by atoms with van der Waals surface area (Å²) in [6.07, 6.45) is 66.5. The number of unbranched alkanes of at least 4 members (excludes halogenated alkanes) is 52. The van der Waals surface area contributed by atoms with Gasteiger partial charge in [-0.15, -0.1) is 0 Å². The number of ether oxygens (including phenoxy) is 4. The molecule has 14 heteroatoms. The van der Waals surface area contributed by atoms with Crippen LogP contribution >= 0.6 is 0 Å². The molecule has 2 rings (SSSR count). The lowest BCUT2D eigenvalue weighted by atomic mass is 9.97. The van der Waals surface area contributed by atoms with Crippen LogP contribution in [0, 0.1) is 0 Å². The zero-order valence-corrected chi connectivity index (χ0v) is 61.0. The van der Waals surface area contributed by atoms with Crippen LogP contribution in [0.4, 0.5) is 0 Å². The fourth-order valence-corrected chi connectivity index (χ4v) is 13.7. The second-order valence-corrected chi connectivity index (χ2v) is 28.9. The van der Waals surface area contributed by atoms with Crippen molar-refractivity contribution in [3.05, 3.63) is 24.3 Å². The van der Waals surface area contributed by atoms with Crippen LogP contribution in [0.25, 0.3) is 0 Å². The molecule has 0 aromatic carbocycles. The molecular formula is C80H153NO13. The van der Waals surface area contributed by atoms with E-state index in [2.05, 4.69) is 43.5 Å². The monoisotopic (exact) mass is 1340 g/mol. The SMILES string of the molecule is CCCCCCC/C=C\C/C=C\CCCCCCCCCCCCCCCCCC(=O)NC(COC1OC(CO)C(OC2OC(CO)C(O)C(O)C2O)C(O)C1O)C(O)CCCCCCCCCCCCCCCCCCCCCCCCCCCCCCCCCCC. The van der Waals surface area contributed by atoms with E-state index >= 15 is 0 Å². The molecule has 94 heavy (non-hydrogen) atoms. The van der Waals surface area contributed by atoms with Gasteiger partial charge in [0.15, 0.2) is 12.6 Å². The molecule has 556 valence electrons. The van der Waals surface area contributed by atoms with Gasteiger partial charge >= 0.3 is 0 Å². The first-order valence-electron chi connectivity index (χ1n) is 40.6. The van der Waals surface area contributed by atoms with Gasteiger partial charge in [-0.25, -0.2) is 0 Å². The van der Waals surface area contributed by atoms with Crippen molar-refractivity contribution < 1.29 is 64.6 Å². The van der Waals surface area contributed by atoms with Gasteiger partial charge in [0.25, 0.3) is 0 Å². The fraction of sp³-hybridized carbons (Fsp3) is 0.938. The number of carbonyl (C=O) groups is 1. The third-order valence-corrected chi connectivity index (χ3v) is 20.2. The third-order valence-electron chi connectivity index (χ3n) is 20.2. The first kappa shape index (κ1) is 88.6. The Balaban J connectivity index is 1.60. The maximum absolute atomic E-state index is 13.4. The molecule has 0 radical (unpaired) electrons. The van der Waals surface area contributed by atoms with E-state index in [1.807, 2.05) is 0 Å². The van der Waals surface area contributed by atoms with E-state index in [1.54, 1.807) is 0 Å². The van der Waals surface area contributed by atoms with E-state index < -0.39 is 86.8 Å². The van der Waals surface area contributed by atoms with E-state index in [0.29, 0.717) is 12.8 Å². The van der Waals surface area contributed by atoms with Crippen LogP contribution in [0.15, 0.2) is 24.3 Å². The minimum atomic E-state index is -1.78. The lowest BCUT2D eigenvalue weighted by molar-refractivity contribution is -0.359. The lowest BCUT2D eigenvalue weighted by Gasteiger charge is -2.46. The summed E-state index contributed by atoms with van der Waals surface area (Å²) >= 11 is 0. The van der Waals surface area contributed by atoms with Crippen molar-refractivity contribution in [1.29, 1.82) is 0 Å². The van der Waals surface area contributed by atoms with Crippen LogP contribution < -0.4 is 5.32 Å². The largest absolute Gasteiger partial charge is 0.394 e. The molecule has 9 N–H and O–H groups in total. The normalized spacial score (nSPS) is 22.5. The summed E-state index contributed by atoms with van der Waals surface area (Å²) in [6.45, 7) is 2.92. The lowest BCUT2D eigenvalue weighted by Crippen LogP contribution is -2.65. The number of allylic oxidation sites excluding steroid dienone is 4. The molecule has 0 aliphatic carbocycles. The molecule has 0 bridgehead atoms. The van der Waals surface area contributed by atoms with Crippen LogP contribution in [-0.2, 0) is 23.7 Å². The Morgan fingerprint density at radius 1 is 0.383 bits per heavy atom. The van der Waals surface area contributed by atoms with E-state index in [0.717, 1.165) is 57.8 Å². The van der Waals surface area contributed by atoms with Crippen LogP contribution in [0.2, 0.25) is 0 Å². The third kappa shape index (κ3) is 47.5. The fourth-order valence-electron chi connectivity index (χ4n) is 13.7. The molecule has 2 heterocycles. The minimum Gasteiger partial charge on any atom is -0.394 e. The van der Waals surface area contributed by atoms with Crippen LogP contribution in [0.5, 0.6) is 0 Å². The number of hydrogen-bond donors (Lipinski definition) is 9. The summed E-state index contributed by atoms with van der Waals surface area (Å²) in [5, 5.41) is 87.9. The summed E-state index contributed by atoms with van der Waals surface area (Å²) in [5.41, 5.74) is 0. The standard InChI is InChI=1S/C80H153NO13/c1-3-5-7-9-11-13-15-17-19-21-23-25-27-29-31-32-33-34-35-36-38-39-41-43-45-47-49-51-53-55-57-59-61-63-69(84)68(67-91-79-77(90)75(88)78(71(66-83)93-79)94-80-76(89)74(87)73(86)70(65-82)92-80)81-72(85)64-62-60-58-56-54-52-50-48-46-44-42-40-37-30-28-26-24-22-20-18-16-14-12-10-8-6-4-2/h16,18,22,24,68-71,73-80,82-84,86-90H,3-15,17,19-21,23,25-67H2,1-2H3,(H,81,85)/b18-16-,24-22-. The Kier molecular flexibility index (Phi) is 61.1. The number of nitrogens with one attached hydrogen (secondary N) is 1. The van der Waals surface area contributed by atoms with Gasteiger partial charge < -0.3 is 65.1 Å². The number of aliphatic hydroxyl groups is 8. The molecule has 0 saturated carbocycles. The Hall–Kier alpha value is -1.53. The summed E-state index contributed by atoms with van der Waals surface area (Å²) in [7, 11) is 0. The highest BCUT2D eigenvalue weighted by Gasteiger charge is 2.51. The number of aliphatic hydroxyl groups excluding tert-OH is 8. The predicted octanol–water partition coefficient (Wildman–Crippen LogP) is 18.3. The quantitative estimate of drug-likeness (QED) is 0.0204. The molecular weight excluding hydrogens is 1180 g/mol. The van der Waals surface area contributed by atoms with Crippen molar-refractivity contribution in [2.75, 3.05) is 19.8 Å². The van der Waals surface area contributed by atoms with Crippen molar-refractivity contribution in [2.24, 2.45) is 0 Å². The van der Waals surface area contributed by atoms with Crippen LogP contribution in [0.1, 0.15) is 386 Å². The van der Waals surface area contributed by atoms with Crippen LogP contribution in [0.3, 0.4) is 0 Å². The van der Waals surface area contributed by atoms with Gasteiger partial charge in [-0.1, -0.05) is 359 Å². The van der Waals surface area contributed by atoms with Gasteiger partial charge in [-0.3, -0.25) is 4.79 Å². The highest BCUT2D eigenvalue weighted by Crippen LogP contribution is 2.30. The van der Waals surface area contributed by atoms with E-state index in [-0.39, 0.29) is 12.5 Å². The molecule has 2 aliphatic rings. The summed E-state index contributed by atoms with van der Waals surface area (Å²) in [6, 6.07) is -0.829. The molecule has 1 amide bonds. The highest BCUT2D eigenvalue weighted by atomic mass is 16.7. The molecule has 0 aromatic heterocycles. The zero-order chi connectivity index (χ0) is 68.0. The number of rotatable bonds is 69. The van der Waals surface area contributed by atoms with Crippen molar-refractivity contribution in [1.82, 2.24) is 5.32 Å². The Morgan fingerprint density at radius 3 is 1.06 bits per heavy atom. The van der Waals surface area contributed by atoms with E-state index in [4.69, 9.17) is 18.9 Å². The van der Waals surface area contributed by atoms with Gasteiger partial charge in [0, 0.05) is 6.42 Å². The van der Waals surface area contributed by atoms with Gasteiger partial charge in [0.05, 0.1) is 32.0 Å². The summed E-state index contributed by atoms with van der Waals surface area (Å²) < 4.78 is 23.0. The average molecular weight is 1340 g/mol. The van der Waals surface area contributed by atoms with Crippen molar-refractivity contribution >= 4 is 5.91 Å². The minimum absolute atomic E-state index is 0.199. The molecule has 12 atom stereocenters. The van der Waals surface area contributed by atoms with Gasteiger partial charge in [0.1, 0.15) is 48.8 Å².